The van der Waals surface area contributed by atoms with E-state index in [1.165, 1.54) is 25.7 Å². The standard InChI is InChI=1S/C15H23N3O3S/c19-22(20,9-12-7-11-3-1-2-4-13(11)12)16-8-14-17-15(18-21-14)10-5-6-10/h10-13,16H,1-9H2/t11-,12-,13-/m0/s1. The third kappa shape index (κ3) is 3.06. The summed E-state index contributed by atoms with van der Waals surface area (Å²) in [6, 6.07) is 0. The molecule has 1 aromatic heterocycles. The van der Waals surface area contributed by atoms with Crippen LogP contribution in [-0.4, -0.2) is 24.3 Å². The van der Waals surface area contributed by atoms with E-state index in [1.54, 1.807) is 0 Å². The number of hydrogen-bond acceptors (Lipinski definition) is 5. The molecule has 0 spiro atoms. The van der Waals surface area contributed by atoms with Gasteiger partial charge in [-0.05, 0) is 43.4 Å². The molecular weight excluding hydrogens is 302 g/mol. The predicted molar refractivity (Wildman–Crippen MR) is 80.5 cm³/mol. The number of nitrogens with one attached hydrogen (secondary N) is 1. The van der Waals surface area contributed by atoms with Crippen molar-refractivity contribution in [1.82, 2.24) is 14.9 Å². The highest BCUT2D eigenvalue weighted by Gasteiger charge is 2.43. The van der Waals surface area contributed by atoms with Crippen molar-refractivity contribution in [1.29, 1.82) is 0 Å². The van der Waals surface area contributed by atoms with Crippen LogP contribution in [-0.2, 0) is 16.6 Å². The molecule has 22 heavy (non-hydrogen) atoms. The van der Waals surface area contributed by atoms with Gasteiger partial charge in [-0.1, -0.05) is 24.4 Å². The summed E-state index contributed by atoms with van der Waals surface area (Å²) in [7, 11) is -3.26. The SMILES string of the molecule is O=S(=O)(C[C@@H]1C[C@@H]2CCCC[C@@H]21)NCc1nc(C2CC2)no1. The van der Waals surface area contributed by atoms with Gasteiger partial charge in [0.1, 0.15) is 0 Å². The zero-order valence-electron chi connectivity index (χ0n) is 12.7. The average molecular weight is 325 g/mol. The van der Waals surface area contributed by atoms with E-state index < -0.39 is 10.0 Å². The summed E-state index contributed by atoms with van der Waals surface area (Å²) in [5.41, 5.74) is 0. The lowest BCUT2D eigenvalue weighted by molar-refractivity contribution is 0.0439. The smallest absolute Gasteiger partial charge is 0.241 e. The molecule has 1 N–H and O–H groups in total. The van der Waals surface area contributed by atoms with Crippen LogP contribution in [0.5, 0.6) is 0 Å². The van der Waals surface area contributed by atoms with Crippen LogP contribution in [0.15, 0.2) is 4.52 Å². The van der Waals surface area contributed by atoms with Gasteiger partial charge in [-0.15, -0.1) is 0 Å². The molecule has 3 aliphatic carbocycles. The zero-order chi connectivity index (χ0) is 15.2. The van der Waals surface area contributed by atoms with Crippen molar-refractivity contribution < 1.29 is 12.9 Å². The quantitative estimate of drug-likeness (QED) is 0.866. The maximum Gasteiger partial charge on any atom is 0.241 e. The Morgan fingerprint density at radius 1 is 1.18 bits per heavy atom. The van der Waals surface area contributed by atoms with Crippen LogP contribution in [0.2, 0.25) is 0 Å². The molecule has 0 amide bonds. The number of hydrogen-bond donors (Lipinski definition) is 1. The Bertz CT molecular complexity index is 638. The predicted octanol–water partition coefficient (Wildman–Crippen LogP) is 2.19. The lowest BCUT2D eigenvalue weighted by atomic mass is 9.59. The van der Waals surface area contributed by atoms with Crippen molar-refractivity contribution >= 4 is 10.0 Å². The molecule has 1 heterocycles. The summed E-state index contributed by atoms with van der Waals surface area (Å²) >= 11 is 0. The molecule has 3 aliphatic rings. The number of nitrogens with zero attached hydrogens (tertiary/aromatic N) is 2. The number of aromatic nitrogens is 2. The summed E-state index contributed by atoms with van der Waals surface area (Å²) in [4.78, 5) is 4.25. The van der Waals surface area contributed by atoms with Crippen LogP contribution < -0.4 is 4.72 Å². The fraction of sp³-hybridized carbons (Fsp3) is 0.867. The molecular formula is C15H23N3O3S. The Kier molecular flexibility index (Phi) is 3.72. The van der Waals surface area contributed by atoms with Crippen LogP contribution in [0.4, 0.5) is 0 Å². The summed E-state index contributed by atoms with van der Waals surface area (Å²) in [6.45, 7) is 0.114. The lowest BCUT2D eigenvalue weighted by Crippen LogP contribution is -2.44. The first-order valence-electron chi connectivity index (χ1n) is 8.40. The van der Waals surface area contributed by atoms with Crippen molar-refractivity contribution in [3.8, 4) is 0 Å². The summed E-state index contributed by atoms with van der Waals surface area (Å²) in [6.07, 6.45) is 8.37. The molecule has 0 saturated heterocycles. The first kappa shape index (κ1) is 14.6. The molecule has 0 aliphatic heterocycles. The van der Waals surface area contributed by atoms with Gasteiger partial charge < -0.3 is 4.52 Å². The molecule has 6 nitrogen and oxygen atoms in total. The maximum atomic E-state index is 12.2. The fourth-order valence-electron chi connectivity index (χ4n) is 4.07. The second-order valence-corrected chi connectivity index (χ2v) is 8.98. The van der Waals surface area contributed by atoms with Gasteiger partial charge in [-0.2, -0.15) is 4.98 Å². The van der Waals surface area contributed by atoms with E-state index in [-0.39, 0.29) is 12.3 Å². The molecule has 0 bridgehead atoms. The number of fused-ring (bicyclic) bond motifs is 1. The fourth-order valence-corrected chi connectivity index (χ4v) is 5.48. The van der Waals surface area contributed by atoms with Crippen molar-refractivity contribution in [2.24, 2.45) is 17.8 Å². The first-order valence-corrected chi connectivity index (χ1v) is 10.1. The van der Waals surface area contributed by atoms with Gasteiger partial charge in [0.15, 0.2) is 5.82 Å². The maximum absolute atomic E-state index is 12.2. The highest BCUT2D eigenvalue weighted by molar-refractivity contribution is 7.89. The van der Waals surface area contributed by atoms with Crippen molar-refractivity contribution in [3.05, 3.63) is 11.7 Å². The van der Waals surface area contributed by atoms with Crippen molar-refractivity contribution in [2.75, 3.05) is 5.75 Å². The van der Waals surface area contributed by atoms with E-state index in [0.717, 1.165) is 31.0 Å². The highest BCUT2D eigenvalue weighted by Crippen LogP contribution is 2.49. The van der Waals surface area contributed by atoms with Gasteiger partial charge >= 0.3 is 0 Å². The summed E-state index contributed by atoms with van der Waals surface area (Å²) in [5, 5.41) is 3.90. The first-order chi connectivity index (χ1) is 10.6. The van der Waals surface area contributed by atoms with Crippen LogP contribution in [0.1, 0.15) is 62.6 Å². The Morgan fingerprint density at radius 3 is 2.77 bits per heavy atom. The second kappa shape index (κ2) is 5.60. The van der Waals surface area contributed by atoms with Gasteiger partial charge in [0.05, 0.1) is 12.3 Å². The van der Waals surface area contributed by atoms with Crippen molar-refractivity contribution in [3.63, 3.8) is 0 Å². The molecule has 3 fully saturated rings. The highest BCUT2D eigenvalue weighted by atomic mass is 32.2. The minimum atomic E-state index is -3.26. The van der Waals surface area contributed by atoms with Gasteiger partial charge in [0, 0.05) is 5.92 Å². The van der Waals surface area contributed by atoms with Crippen LogP contribution in [0.25, 0.3) is 0 Å². The number of sulfonamides is 1. The van der Waals surface area contributed by atoms with Crippen LogP contribution in [0, 0.1) is 17.8 Å². The topological polar surface area (TPSA) is 85.1 Å². The lowest BCUT2D eigenvalue weighted by Gasteiger charge is -2.47. The van der Waals surface area contributed by atoms with E-state index in [4.69, 9.17) is 4.52 Å². The Morgan fingerprint density at radius 2 is 2.00 bits per heavy atom. The normalized spacial score (nSPS) is 31.5. The van der Waals surface area contributed by atoms with Gasteiger partial charge in [-0.3, -0.25) is 0 Å². The Hall–Kier alpha value is -0.950. The van der Waals surface area contributed by atoms with Crippen LogP contribution >= 0.6 is 0 Å². The molecule has 4 rings (SSSR count). The Balaban J connectivity index is 1.29. The third-order valence-electron chi connectivity index (χ3n) is 5.48. The number of rotatable bonds is 6. The molecule has 0 aromatic carbocycles. The minimum absolute atomic E-state index is 0.114. The zero-order valence-corrected chi connectivity index (χ0v) is 13.5. The van der Waals surface area contributed by atoms with E-state index in [1.807, 2.05) is 0 Å². The molecule has 1 aromatic rings. The second-order valence-electron chi connectivity index (χ2n) is 7.13. The van der Waals surface area contributed by atoms with Gasteiger partial charge in [-0.25, -0.2) is 13.1 Å². The average Bonchev–Trinajstić information content (AvgIpc) is 3.22. The summed E-state index contributed by atoms with van der Waals surface area (Å²) < 4.78 is 32.2. The minimum Gasteiger partial charge on any atom is -0.338 e. The molecule has 3 saturated carbocycles. The monoisotopic (exact) mass is 325 g/mol. The molecule has 3 atom stereocenters. The van der Waals surface area contributed by atoms with E-state index >= 15 is 0 Å². The molecule has 122 valence electrons. The molecule has 7 heteroatoms. The molecule has 0 radical (unpaired) electrons. The van der Waals surface area contributed by atoms with Crippen LogP contribution in [0.3, 0.4) is 0 Å². The third-order valence-corrected chi connectivity index (χ3v) is 6.93. The van der Waals surface area contributed by atoms with E-state index in [9.17, 15) is 8.42 Å². The van der Waals surface area contributed by atoms with Gasteiger partial charge in [0.25, 0.3) is 0 Å². The Labute approximate surface area is 131 Å². The van der Waals surface area contributed by atoms with Gasteiger partial charge in [0.2, 0.25) is 15.9 Å². The van der Waals surface area contributed by atoms with Crippen molar-refractivity contribution in [2.45, 2.75) is 57.4 Å². The summed E-state index contributed by atoms with van der Waals surface area (Å²) in [5.74, 6) is 3.52. The molecule has 0 unspecified atom stereocenters. The largest absolute Gasteiger partial charge is 0.338 e. The van der Waals surface area contributed by atoms with E-state index in [2.05, 4.69) is 14.9 Å². The van der Waals surface area contributed by atoms with E-state index in [0.29, 0.717) is 23.6 Å².